The number of thiazole rings is 1. The summed E-state index contributed by atoms with van der Waals surface area (Å²) in [5.41, 5.74) is 13.8. The van der Waals surface area contributed by atoms with E-state index in [0.717, 1.165) is 25.1 Å². The molecule has 1 aliphatic heterocycles. The fraction of sp³-hybridized carbons (Fsp3) is 0.565. The van der Waals surface area contributed by atoms with Crippen molar-refractivity contribution in [3.8, 4) is 0 Å². The van der Waals surface area contributed by atoms with Crippen LogP contribution < -0.4 is 10.9 Å². The summed E-state index contributed by atoms with van der Waals surface area (Å²) >= 11 is 1.37. The lowest BCUT2D eigenvalue weighted by Gasteiger charge is -2.43. The van der Waals surface area contributed by atoms with Crippen molar-refractivity contribution < 1.29 is 9.53 Å². The number of aryl methyl sites for hydroxylation is 1. The number of nitrogens with one attached hydrogen (secondary N) is 2. The lowest BCUT2D eigenvalue weighted by atomic mass is 9.62. The first-order chi connectivity index (χ1) is 14.2. The Balaban J connectivity index is 1.26. The van der Waals surface area contributed by atoms with Gasteiger partial charge in [-0.2, -0.15) is 0 Å². The molecule has 0 radical (unpaired) electrons. The fourth-order valence-corrected chi connectivity index (χ4v) is 7.00. The van der Waals surface area contributed by atoms with Crippen LogP contribution in [-0.4, -0.2) is 29.6 Å². The number of aromatic nitrogens is 1. The smallest absolute Gasteiger partial charge is 0.350 e. The standard InChI is InChI=1S/C23H27N3O2S/c1-12-22(29-11-24-12)23(27)28-21-7-6-16-15-3-2-13-9-20-14(10-25-26-20)8-19(13)17(15)4-5-18(16)21/h4-5,8,11,13-16,20-21,25-26H,2-3,6-7,9-10H2,1H3. The largest absolute Gasteiger partial charge is 0.454 e. The monoisotopic (exact) mass is 409 g/mol. The van der Waals surface area contributed by atoms with Gasteiger partial charge in [0.1, 0.15) is 11.0 Å². The van der Waals surface area contributed by atoms with Gasteiger partial charge in [0, 0.05) is 18.5 Å². The third-order valence-electron chi connectivity index (χ3n) is 7.73. The molecule has 1 saturated heterocycles. The van der Waals surface area contributed by atoms with E-state index < -0.39 is 0 Å². The van der Waals surface area contributed by atoms with Crippen molar-refractivity contribution in [3.63, 3.8) is 0 Å². The first-order valence-electron chi connectivity index (χ1n) is 10.9. The molecule has 2 N–H and O–H groups in total. The minimum atomic E-state index is -0.211. The Hall–Kier alpha value is -1.76. The molecular formula is C23H27N3O2S. The van der Waals surface area contributed by atoms with Crippen LogP contribution in [0.4, 0.5) is 0 Å². The molecule has 6 atom stereocenters. The summed E-state index contributed by atoms with van der Waals surface area (Å²) in [6, 6.07) is 0.598. The number of hydrogen-bond donors (Lipinski definition) is 2. The molecule has 6 unspecified atom stereocenters. The van der Waals surface area contributed by atoms with Gasteiger partial charge in [-0.25, -0.2) is 9.78 Å². The van der Waals surface area contributed by atoms with E-state index in [9.17, 15) is 4.79 Å². The Kier molecular flexibility index (Phi) is 4.29. The molecule has 1 aromatic heterocycles. The highest BCUT2D eigenvalue weighted by molar-refractivity contribution is 7.11. The van der Waals surface area contributed by atoms with Crippen LogP contribution in [0.3, 0.4) is 0 Å². The number of fused-ring (bicyclic) bond motifs is 6. The molecule has 2 heterocycles. The molecule has 3 fully saturated rings. The first-order valence-corrected chi connectivity index (χ1v) is 11.8. The van der Waals surface area contributed by atoms with Crippen LogP contribution >= 0.6 is 11.3 Å². The Morgan fingerprint density at radius 1 is 1.17 bits per heavy atom. The van der Waals surface area contributed by atoms with Crippen LogP contribution in [-0.2, 0) is 4.74 Å². The predicted octanol–water partition coefficient (Wildman–Crippen LogP) is 3.70. The Labute approximate surface area is 175 Å². The van der Waals surface area contributed by atoms with E-state index in [0.29, 0.717) is 34.6 Å². The van der Waals surface area contributed by atoms with E-state index in [-0.39, 0.29) is 12.1 Å². The molecule has 6 heteroatoms. The van der Waals surface area contributed by atoms with E-state index in [2.05, 4.69) is 34.1 Å². The molecule has 29 heavy (non-hydrogen) atoms. The second kappa shape index (κ2) is 6.89. The quantitative estimate of drug-likeness (QED) is 0.729. The summed E-state index contributed by atoms with van der Waals surface area (Å²) in [4.78, 5) is 17.4. The maximum atomic E-state index is 12.6. The minimum Gasteiger partial charge on any atom is -0.454 e. The van der Waals surface area contributed by atoms with Crippen LogP contribution in [0.25, 0.3) is 0 Å². The average Bonchev–Trinajstić information content (AvgIpc) is 3.45. The molecule has 1 aromatic rings. The summed E-state index contributed by atoms with van der Waals surface area (Å²) in [7, 11) is 0. The van der Waals surface area contributed by atoms with Gasteiger partial charge in [0.05, 0.1) is 11.2 Å². The lowest BCUT2D eigenvalue weighted by Crippen LogP contribution is -2.39. The van der Waals surface area contributed by atoms with Gasteiger partial charge in [-0.15, -0.1) is 11.3 Å². The molecule has 5 aliphatic rings. The van der Waals surface area contributed by atoms with Gasteiger partial charge in [0.25, 0.3) is 0 Å². The van der Waals surface area contributed by atoms with Crippen LogP contribution in [0.5, 0.6) is 0 Å². The molecule has 2 saturated carbocycles. The van der Waals surface area contributed by atoms with Crippen molar-refractivity contribution in [3.05, 3.63) is 51.0 Å². The summed E-state index contributed by atoms with van der Waals surface area (Å²) in [5.74, 6) is 2.24. The third kappa shape index (κ3) is 2.87. The maximum absolute atomic E-state index is 12.6. The van der Waals surface area contributed by atoms with E-state index in [1.54, 1.807) is 16.7 Å². The van der Waals surface area contributed by atoms with Crippen LogP contribution in [0.2, 0.25) is 0 Å². The minimum absolute atomic E-state index is 0.0718. The van der Waals surface area contributed by atoms with Crippen molar-refractivity contribution in [2.45, 2.75) is 51.2 Å². The molecule has 152 valence electrons. The van der Waals surface area contributed by atoms with Crippen LogP contribution in [0.1, 0.15) is 47.5 Å². The van der Waals surface area contributed by atoms with Gasteiger partial charge < -0.3 is 4.74 Å². The normalized spacial score (nSPS) is 37.5. The number of hydrogen-bond acceptors (Lipinski definition) is 6. The van der Waals surface area contributed by atoms with E-state index >= 15 is 0 Å². The van der Waals surface area contributed by atoms with Crippen molar-refractivity contribution in [2.75, 3.05) is 6.54 Å². The Bertz CT molecular complexity index is 946. The Morgan fingerprint density at radius 3 is 2.93 bits per heavy atom. The fourth-order valence-electron chi connectivity index (χ4n) is 6.32. The highest BCUT2D eigenvalue weighted by Crippen LogP contribution is 2.53. The van der Waals surface area contributed by atoms with Crippen LogP contribution in [0.15, 0.2) is 40.5 Å². The number of hydrazine groups is 1. The third-order valence-corrected chi connectivity index (χ3v) is 8.64. The van der Waals surface area contributed by atoms with Gasteiger partial charge in [-0.3, -0.25) is 10.9 Å². The van der Waals surface area contributed by atoms with Crippen molar-refractivity contribution in [1.82, 2.24) is 15.8 Å². The number of nitrogens with zero attached hydrogens (tertiary/aromatic N) is 1. The van der Waals surface area contributed by atoms with Crippen molar-refractivity contribution >= 4 is 17.3 Å². The number of carbonyl (C=O) groups excluding carboxylic acids is 1. The molecule has 6 rings (SSSR count). The van der Waals surface area contributed by atoms with E-state index in [1.165, 1.54) is 36.2 Å². The van der Waals surface area contributed by atoms with Crippen molar-refractivity contribution in [2.24, 2.45) is 23.7 Å². The molecular weight excluding hydrogens is 382 g/mol. The lowest BCUT2D eigenvalue weighted by molar-refractivity contribution is 0.0387. The topological polar surface area (TPSA) is 63.2 Å². The van der Waals surface area contributed by atoms with Gasteiger partial charge in [-0.1, -0.05) is 18.2 Å². The first kappa shape index (κ1) is 18.0. The average molecular weight is 410 g/mol. The van der Waals surface area contributed by atoms with Gasteiger partial charge >= 0.3 is 5.97 Å². The summed E-state index contributed by atoms with van der Waals surface area (Å²) < 4.78 is 5.95. The maximum Gasteiger partial charge on any atom is 0.350 e. The number of esters is 1. The predicted molar refractivity (Wildman–Crippen MR) is 112 cm³/mol. The number of allylic oxidation sites excluding steroid dienone is 4. The highest BCUT2D eigenvalue weighted by atomic mass is 32.1. The summed E-state index contributed by atoms with van der Waals surface area (Å²) in [6.07, 6.45) is 13.0. The van der Waals surface area contributed by atoms with Gasteiger partial charge in [0.15, 0.2) is 0 Å². The zero-order valence-electron chi connectivity index (χ0n) is 16.7. The molecule has 0 bridgehead atoms. The molecule has 0 aromatic carbocycles. The summed E-state index contributed by atoms with van der Waals surface area (Å²) in [6.45, 7) is 2.91. The molecule has 4 aliphatic carbocycles. The molecule has 0 amide bonds. The SMILES string of the molecule is Cc1ncsc1C(=O)OC1CCC2C1=CC=C1C3=CC4CNNC4CC3CCC12. The number of carbonyl (C=O) groups is 1. The molecule has 5 nitrogen and oxygen atoms in total. The second-order valence-corrected chi connectivity index (χ2v) is 10.0. The molecule has 0 spiro atoms. The van der Waals surface area contributed by atoms with Gasteiger partial charge in [0.2, 0.25) is 0 Å². The highest BCUT2D eigenvalue weighted by Gasteiger charge is 2.46. The summed E-state index contributed by atoms with van der Waals surface area (Å²) in [5, 5.41) is 0. The van der Waals surface area contributed by atoms with E-state index in [1.807, 2.05) is 6.92 Å². The van der Waals surface area contributed by atoms with Crippen LogP contribution in [0, 0.1) is 30.6 Å². The van der Waals surface area contributed by atoms with E-state index in [4.69, 9.17) is 4.74 Å². The zero-order chi connectivity index (χ0) is 19.5. The van der Waals surface area contributed by atoms with Gasteiger partial charge in [-0.05, 0) is 73.5 Å². The van der Waals surface area contributed by atoms with Crippen molar-refractivity contribution in [1.29, 1.82) is 0 Å². The number of ether oxygens (including phenoxy) is 1. The number of rotatable bonds is 2. The zero-order valence-corrected chi connectivity index (χ0v) is 17.5. The Morgan fingerprint density at radius 2 is 2.07 bits per heavy atom. The second-order valence-electron chi connectivity index (χ2n) is 9.17.